The fourth-order valence-electron chi connectivity index (χ4n) is 1.08. The topological polar surface area (TPSA) is 9.23 Å². The standard InChI is InChI=1S/C11H15ClO/c1-8(2)13-11-6-4-10(5-7-11)9(3)12/h4-9H,1-3H3. The molecule has 0 aromatic heterocycles. The first-order valence-corrected chi connectivity index (χ1v) is 4.94. The van der Waals surface area contributed by atoms with Gasteiger partial charge in [0.1, 0.15) is 5.75 Å². The summed E-state index contributed by atoms with van der Waals surface area (Å²) < 4.78 is 5.51. The molecule has 1 unspecified atom stereocenters. The molecule has 0 spiro atoms. The summed E-state index contributed by atoms with van der Waals surface area (Å²) in [5, 5.41) is 0.0631. The van der Waals surface area contributed by atoms with Crippen LogP contribution >= 0.6 is 11.6 Å². The molecule has 1 aromatic rings. The van der Waals surface area contributed by atoms with Crippen molar-refractivity contribution in [1.29, 1.82) is 0 Å². The molecule has 0 amide bonds. The Morgan fingerprint density at radius 3 is 2.00 bits per heavy atom. The maximum Gasteiger partial charge on any atom is 0.119 e. The molecule has 0 saturated heterocycles. The molecule has 0 fully saturated rings. The Balaban J connectivity index is 2.70. The zero-order valence-electron chi connectivity index (χ0n) is 8.25. The van der Waals surface area contributed by atoms with E-state index in [1.807, 2.05) is 45.0 Å². The maximum atomic E-state index is 5.92. The van der Waals surface area contributed by atoms with Crippen LogP contribution in [0, 0.1) is 0 Å². The fraction of sp³-hybridized carbons (Fsp3) is 0.455. The first-order chi connectivity index (χ1) is 6.09. The van der Waals surface area contributed by atoms with E-state index in [9.17, 15) is 0 Å². The van der Waals surface area contributed by atoms with Gasteiger partial charge in [0.2, 0.25) is 0 Å². The Morgan fingerprint density at radius 2 is 1.62 bits per heavy atom. The highest BCUT2D eigenvalue weighted by Gasteiger charge is 2.01. The average molecular weight is 199 g/mol. The number of hydrogen-bond donors (Lipinski definition) is 0. The first-order valence-electron chi connectivity index (χ1n) is 4.50. The van der Waals surface area contributed by atoms with E-state index in [0.29, 0.717) is 0 Å². The summed E-state index contributed by atoms with van der Waals surface area (Å²) in [4.78, 5) is 0. The quantitative estimate of drug-likeness (QED) is 0.672. The van der Waals surface area contributed by atoms with Gasteiger partial charge in [0.25, 0.3) is 0 Å². The smallest absolute Gasteiger partial charge is 0.119 e. The second-order valence-corrected chi connectivity index (χ2v) is 4.01. The highest BCUT2D eigenvalue weighted by atomic mass is 35.5. The van der Waals surface area contributed by atoms with Crippen molar-refractivity contribution in [3.05, 3.63) is 29.8 Å². The predicted molar refractivity (Wildman–Crippen MR) is 56.5 cm³/mol. The predicted octanol–water partition coefficient (Wildman–Crippen LogP) is 3.77. The van der Waals surface area contributed by atoms with Crippen LogP contribution in [0.3, 0.4) is 0 Å². The van der Waals surface area contributed by atoms with Crippen molar-refractivity contribution >= 4 is 11.6 Å². The molecule has 0 heterocycles. The van der Waals surface area contributed by atoms with Crippen molar-refractivity contribution in [2.75, 3.05) is 0 Å². The number of halogens is 1. The number of ether oxygens (including phenoxy) is 1. The minimum Gasteiger partial charge on any atom is -0.491 e. The van der Waals surface area contributed by atoms with Gasteiger partial charge in [0.05, 0.1) is 11.5 Å². The zero-order chi connectivity index (χ0) is 9.84. The molecule has 1 rings (SSSR count). The van der Waals surface area contributed by atoms with Crippen molar-refractivity contribution in [2.24, 2.45) is 0 Å². The van der Waals surface area contributed by atoms with Crippen LogP contribution in [-0.2, 0) is 0 Å². The largest absolute Gasteiger partial charge is 0.491 e. The summed E-state index contributed by atoms with van der Waals surface area (Å²) in [7, 11) is 0. The van der Waals surface area contributed by atoms with E-state index in [4.69, 9.17) is 16.3 Å². The molecule has 0 bridgehead atoms. The van der Waals surface area contributed by atoms with Gasteiger partial charge in [-0.3, -0.25) is 0 Å². The van der Waals surface area contributed by atoms with Crippen molar-refractivity contribution in [2.45, 2.75) is 32.3 Å². The molecule has 0 aliphatic heterocycles. The Labute approximate surface area is 84.7 Å². The third-order valence-corrected chi connectivity index (χ3v) is 1.96. The van der Waals surface area contributed by atoms with E-state index in [1.54, 1.807) is 0 Å². The lowest BCUT2D eigenvalue weighted by atomic mass is 10.1. The molecule has 1 atom stereocenters. The van der Waals surface area contributed by atoms with Crippen LogP contribution in [0.2, 0.25) is 0 Å². The van der Waals surface area contributed by atoms with Crippen LogP contribution in [0.5, 0.6) is 5.75 Å². The third-order valence-electron chi connectivity index (χ3n) is 1.71. The molecule has 2 heteroatoms. The van der Waals surface area contributed by atoms with E-state index in [2.05, 4.69) is 0 Å². The normalized spacial score (nSPS) is 13.0. The van der Waals surface area contributed by atoms with Crippen LogP contribution in [0.25, 0.3) is 0 Å². The molecule has 1 aromatic carbocycles. The van der Waals surface area contributed by atoms with Gasteiger partial charge in [-0.05, 0) is 38.5 Å². The Hall–Kier alpha value is -0.690. The Bertz CT molecular complexity index is 251. The average Bonchev–Trinajstić information content (AvgIpc) is 2.04. The van der Waals surface area contributed by atoms with Crippen molar-refractivity contribution < 1.29 is 4.74 Å². The van der Waals surface area contributed by atoms with Crippen LogP contribution in [0.4, 0.5) is 0 Å². The van der Waals surface area contributed by atoms with Gasteiger partial charge >= 0.3 is 0 Å². The molecular weight excluding hydrogens is 184 g/mol. The summed E-state index contributed by atoms with van der Waals surface area (Å²) in [6, 6.07) is 7.90. The Morgan fingerprint density at radius 1 is 1.08 bits per heavy atom. The monoisotopic (exact) mass is 198 g/mol. The van der Waals surface area contributed by atoms with E-state index in [-0.39, 0.29) is 11.5 Å². The van der Waals surface area contributed by atoms with Gasteiger partial charge in [0.15, 0.2) is 0 Å². The number of alkyl halides is 1. The minimum absolute atomic E-state index is 0.0631. The lowest BCUT2D eigenvalue weighted by Gasteiger charge is -2.10. The van der Waals surface area contributed by atoms with Crippen molar-refractivity contribution in [3.63, 3.8) is 0 Å². The SMILES string of the molecule is CC(C)Oc1ccc(C(C)Cl)cc1. The minimum atomic E-state index is 0.0631. The van der Waals surface area contributed by atoms with Gasteiger partial charge in [-0.2, -0.15) is 0 Å². The molecule has 0 aliphatic carbocycles. The van der Waals surface area contributed by atoms with Crippen molar-refractivity contribution in [1.82, 2.24) is 0 Å². The highest BCUT2D eigenvalue weighted by Crippen LogP contribution is 2.22. The molecule has 0 N–H and O–H groups in total. The van der Waals surface area contributed by atoms with Gasteiger partial charge < -0.3 is 4.74 Å². The highest BCUT2D eigenvalue weighted by molar-refractivity contribution is 6.20. The van der Waals surface area contributed by atoms with Crippen molar-refractivity contribution in [3.8, 4) is 5.75 Å². The fourth-order valence-corrected chi connectivity index (χ4v) is 1.23. The first kappa shape index (κ1) is 10.4. The summed E-state index contributed by atoms with van der Waals surface area (Å²) in [6.45, 7) is 5.98. The van der Waals surface area contributed by atoms with Crippen LogP contribution in [0.1, 0.15) is 31.7 Å². The second-order valence-electron chi connectivity index (χ2n) is 3.35. The second kappa shape index (κ2) is 4.52. The summed E-state index contributed by atoms with van der Waals surface area (Å²) in [5.41, 5.74) is 1.12. The molecule has 0 saturated carbocycles. The van der Waals surface area contributed by atoms with E-state index in [1.165, 1.54) is 0 Å². The van der Waals surface area contributed by atoms with E-state index >= 15 is 0 Å². The third kappa shape index (κ3) is 3.27. The molecule has 0 radical (unpaired) electrons. The van der Waals surface area contributed by atoms with Gasteiger partial charge in [-0.1, -0.05) is 12.1 Å². The molecule has 13 heavy (non-hydrogen) atoms. The molecular formula is C11H15ClO. The molecule has 0 aliphatic rings. The lowest BCUT2D eigenvalue weighted by Crippen LogP contribution is -2.05. The number of benzene rings is 1. The van der Waals surface area contributed by atoms with Gasteiger partial charge in [-0.15, -0.1) is 11.6 Å². The Kier molecular flexibility index (Phi) is 3.61. The summed E-state index contributed by atoms with van der Waals surface area (Å²) in [6.07, 6.45) is 0.222. The van der Waals surface area contributed by atoms with Gasteiger partial charge in [0, 0.05) is 0 Å². The van der Waals surface area contributed by atoms with Crippen LogP contribution in [0.15, 0.2) is 24.3 Å². The summed E-state index contributed by atoms with van der Waals surface area (Å²) >= 11 is 5.92. The van der Waals surface area contributed by atoms with E-state index < -0.39 is 0 Å². The summed E-state index contributed by atoms with van der Waals surface area (Å²) in [5.74, 6) is 0.899. The number of hydrogen-bond acceptors (Lipinski definition) is 1. The maximum absolute atomic E-state index is 5.92. The number of rotatable bonds is 3. The molecule has 1 nitrogen and oxygen atoms in total. The van der Waals surface area contributed by atoms with Crippen LogP contribution in [-0.4, -0.2) is 6.10 Å². The van der Waals surface area contributed by atoms with Gasteiger partial charge in [-0.25, -0.2) is 0 Å². The van der Waals surface area contributed by atoms with E-state index in [0.717, 1.165) is 11.3 Å². The molecule has 72 valence electrons. The van der Waals surface area contributed by atoms with Crippen LogP contribution < -0.4 is 4.74 Å². The lowest BCUT2D eigenvalue weighted by molar-refractivity contribution is 0.242. The zero-order valence-corrected chi connectivity index (χ0v) is 9.01.